The predicted octanol–water partition coefficient (Wildman–Crippen LogP) is 3.98. The van der Waals surface area contributed by atoms with Crippen LogP contribution in [0.4, 0.5) is 0 Å². The number of hydrogen-bond acceptors (Lipinski definition) is 14. The highest BCUT2D eigenvalue weighted by Gasteiger charge is 2.51. The van der Waals surface area contributed by atoms with E-state index in [1.165, 1.54) is 20.1 Å². The third-order valence-electron chi connectivity index (χ3n) is 10.8. The van der Waals surface area contributed by atoms with Crippen molar-refractivity contribution in [1.82, 2.24) is 4.90 Å². The van der Waals surface area contributed by atoms with Gasteiger partial charge in [0.15, 0.2) is 6.29 Å². The Morgan fingerprint density at radius 2 is 1.77 bits per heavy atom. The van der Waals surface area contributed by atoms with Gasteiger partial charge in [0.1, 0.15) is 29.3 Å². The number of methoxy groups -OCH3 is 1. The summed E-state index contributed by atoms with van der Waals surface area (Å²) in [4.78, 5) is 27.9. The number of cyclic esters (lactones) is 1. The number of furan rings is 1. The normalized spacial score (nSPS) is 39.6. The van der Waals surface area contributed by atoms with Crippen molar-refractivity contribution in [1.29, 1.82) is 0 Å². The Bertz CT molecular complexity index is 1370. The highest BCUT2D eigenvalue weighted by Crippen LogP contribution is 2.39. The monoisotopic (exact) mass is 737 g/mol. The number of carbonyl (C=O) groups excluding carboxylic acids is 2. The Hall–Kier alpha value is -2.72. The fourth-order valence-electron chi connectivity index (χ4n) is 7.67. The van der Waals surface area contributed by atoms with Crippen LogP contribution in [0.3, 0.4) is 0 Å². The molecule has 3 rings (SSSR count). The molecule has 13 atom stereocenters. The minimum Gasteiger partial charge on any atom is -0.465 e. The standard InChI is InChI=1S/C38H63N3O11/c1-13-30-38(9,46)33(44)24(5)31(40-39-25(6)29-15-14-16-48-29)22(3)19-37(8,47-12)34(27(20-49-26(7)42)17-21(2)35(45)51-30)52-36-32(43)28(41(10)11)18-23(4)50-36/h14-16,21-24,27-28,30,32-34,36,43-44,46H,13,17-20H2,1-12H3. The molecule has 0 saturated carbocycles. The molecule has 3 N–H and O–H groups in total. The number of ether oxygens (including phenoxy) is 5. The largest absolute Gasteiger partial charge is 0.465 e. The fourth-order valence-corrected chi connectivity index (χ4v) is 7.67. The lowest BCUT2D eigenvalue weighted by Gasteiger charge is -2.48. The van der Waals surface area contributed by atoms with Crippen molar-refractivity contribution in [2.45, 2.75) is 142 Å². The first kappa shape index (κ1) is 43.7. The van der Waals surface area contributed by atoms with E-state index in [1.807, 2.05) is 39.8 Å². The number of aliphatic hydroxyl groups is 3. The average molecular weight is 738 g/mol. The number of carbonyl (C=O) groups is 2. The number of esters is 2. The molecule has 0 radical (unpaired) electrons. The van der Waals surface area contributed by atoms with Crippen LogP contribution in [-0.4, -0.2) is 125 Å². The van der Waals surface area contributed by atoms with Gasteiger partial charge in [0.05, 0.1) is 42.7 Å². The van der Waals surface area contributed by atoms with E-state index >= 15 is 0 Å². The molecule has 0 bridgehead atoms. The van der Waals surface area contributed by atoms with Crippen molar-refractivity contribution in [3.8, 4) is 0 Å². The smallest absolute Gasteiger partial charge is 0.309 e. The predicted molar refractivity (Wildman–Crippen MR) is 195 cm³/mol. The topological polar surface area (TPSA) is 182 Å². The molecule has 0 spiro atoms. The van der Waals surface area contributed by atoms with Crippen molar-refractivity contribution in [3.05, 3.63) is 24.2 Å². The molecule has 2 fully saturated rings. The van der Waals surface area contributed by atoms with E-state index in [9.17, 15) is 24.9 Å². The number of aliphatic hydroxyl groups excluding tert-OH is 2. The lowest BCUT2D eigenvalue weighted by molar-refractivity contribution is -0.299. The van der Waals surface area contributed by atoms with Gasteiger partial charge in [-0.3, -0.25) is 9.59 Å². The lowest BCUT2D eigenvalue weighted by Crippen LogP contribution is -2.59. The Morgan fingerprint density at radius 3 is 2.33 bits per heavy atom. The third-order valence-corrected chi connectivity index (χ3v) is 10.8. The highest BCUT2D eigenvalue weighted by molar-refractivity contribution is 5.97. The first-order valence-electron chi connectivity index (χ1n) is 18.4. The molecule has 2 aliphatic rings. The Labute approximate surface area is 308 Å². The molecule has 52 heavy (non-hydrogen) atoms. The molecule has 3 heterocycles. The second-order valence-corrected chi connectivity index (χ2v) is 15.4. The zero-order chi connectivity index (χ0) is 39.1. The number of likely N-dealkylation sites (N-methyl/N-ethyl adjacent to an activating group) is 1. The molecule has 2 aliphatic heterocycles. The van der Waals surface area contributed by atoms with Gasteiger partial charge >= 0.3 is 11.9 Å². The summed E-state index contributed by atoms with van der Waals surface area (Å²) < 4.78 is 36.4. The molecule has 1 aromatic rings. The first-order chi connectivity index (χ1) is 24.3. The summed E-state index contributed by atoms with van der Waals surface area (Å²) in [7, 11) is 5.31. The molecule has 14 nitrogen and oxygen atoms in total. The Morgan fingerprint density at radius 1 is 1.10 bits per heavy atom. The van der Waals surface area contributed by atoms with E-state index < -0.39 is 77.5 Å². The summed E-state index contributed by atoms with van der Waals surface area (Å²) in [6.07, 6.45) is -3.05. The van der Waals surface area contributed by atoms with Crippen LogP contribution in [0, 0.1) is 23.7 Å². The average Bonchev–Trinajstić information content (AvgIpc) is 3.63. The second kappa shape index (κ2) is 18.5. The van der Waals surface area contributed by atoms with Crippen LogP contribution in [0.2, 0.25) is 0 Å². The van der Waals surface area contributed by atoms with Crippen molar-refractivity contribution in [2.75, 3.05) is 27.8 Å². The molecule has 0 amide bonds. The van der Waals surface area contributed by atoms with Crippen LogP contribution in [0.1, 0.15) is 93.8 Å². The van der Waals surface area contributed by atoms with Crippen LogP contribution in [-0.2, 0) is 33.3 Å². The maximum atomic E-state index is 13.7. The van der Waals surface area contributed by atoms with Crippen molar-refractivity contribution >= 4 is 23.4 Å². The van der Waals surface area contributed by atoms with Gasteiger partial charge in [-0.05, 0) is 85.5 Å². The molecular formula is C38H63N3O11. The summed E-state index contributed by atoms with van der Waals surface area (Å²) in [5.74, 6) is -3.24. The van der Waals surface area contributed by atoms with Gasteiger partial charge in [-0.25, -0.2) is 0 Å². The maximum Gasteiger partial charge on any atom is 0.309 e. The van der Waals surface area contributed by atoms with E-state index in [0.29, 0.717) is 23.6 Å². The van der Waals surface area contributed by atoms with Crippen molar-refractivity contribution < 1.29 is 53.0 Å². The molecule has 1 aromatic heterocycles. The maximum absolute atomic E-state index is 13.7. The molecule has 296 valence electrons. The molecule has 14 heteroatoms. The number of nitrogens with zero attached hydrogens (tertiary/aromatic N) is 3. The quantitative estimate of drug-likeness (QED) is 0.189. The molecular weight excluding hydrogens is 674 g/mol. The summed E-state index contributed by atoms with van der Waals surface area (Å²) >= 11 is 0. The number of rotatable bonds is 9. The number of hydrogen-bond donors (Lipinski definition) is 3. The second-order valence-electron chi connectivity index (χ2n) is 15.4. The summed E-state index contributed by atoms with van der Waals surface area (Å²) in [6.45, 7) is 15.3. The van der Waals surface area contributed by atoms with Crippen LogP contribution < -0.4 is 0 Å². The van der Waals surface area contributed by atoms with E-state index in [4.69, 9.17) is 28.1 Å². The van der Waals surface area contributed by atoms with Gasteiger partial charge in [-0.2, -0.15) is 10.2 Å². The van der Waals surface area contributed by atoms with Gasteiger partial charge in [0.25, 0.3) is 0 Å². The van der Waals surface area contributed by atoms with E-state index in [1.54, 1.807) is 46.9 Å². The lowest BCUT2D eigenvalue weighted by atomic mass is 9.74. The third kappa shape index (κ3) is 10.5. The Balaban J connectivity index is 2.25. The molecule has 0 aliphatic carbocycles. The van der Waals surface area contributed by atoms with Gasteiger partial charge in [0.2, 0.25) is 0 Å². The minimum absolute atomic E-state index is 0.127. The summed E-state index contributed by atoms with van der Waals surface area (Å²) in [5, 5.41) is 44.3. The van der Waals surface area contributed by atoms with E-state index in [0.717, 1.165) is 0 Å². The van der Waals surface area contributed by atoms with E-state index in [-0.39, 0.29) is 38.0 Å². The zero-order valence-electron chi connectivity index (χ0n) is 33.1. The van der Waals surface area contributed by atoms with Gasteiger partial charge in [-0.1, -0.05) is 27.7 Å². The zero-order valence-corrected chi connectivity index (χ0v) is 33.1. The minimum atomic E-state index is -1.87. The van der Waals surface area contributed by atoms with Gasteiger partial charge in [-0.15, -0.1) is 0 Å². The van der Waals surface area contributed by atoms with Crippen molar-refractivity contribution in [2.24, 2.45) is 33.9 Å². The molecule has 2 saturated heterocycles. The van der Waals surface area contributed by atoms with Crippen molar-refractivity contribution in [3.63, 3.8) is 0 Å². The summed E-state index contributed by atoms with van der Waals surface area (Å²) in [6, 6.07) is 3.24. The van der Waals surface area contributed by atoms with Crippen LogP contribution in [0.15, 0.2) is 33.0 Å². The summed E-state index contributed by atoms with van der Waals surface area (Å²) in [5.41, 5.74) is -2.11. The molecule has 13 unspecified atom stereocenters. The highest BCUT2D eigenvalue weighted by atomic mass is 16.7. The Kier molecular flexibility index (Phi) is 15.6. The molecule has 0 aromatic carbocycles. The van der Waals surface area contributed by atoms with Crippen LogP contribution in [0.25, 0.3) is 0 Å². The van der Waals surface area contributed by atoms with E-state index in [2.05, 4.69) is 10.2 Å². The van der Waals surface area contributed by atoms with Crippen LogP contribution >= 0.6 is 0 Å². The van der Waals surface area contributed by atoms with Crippen LogP contribution in [0.5, 0.6) is 0 Å². The first-order valence-corrected chi connectivity index (χ1v) is 18.4. The SMILES string of the molecule is CCC1OC(=O)C(C)CC(COC(C)=O)C(OC2OC(C)CC(N(C)C)C2O)C(C)(OC)CC(C)C(=NN=C(C)c2ccco2)C(C)C(O)C1(C)O. The van der Waals surface area contributed by atoms with Gasteiger partial charge < -0.3 is 48.3 Å². The fraction of sp³-hybridized carbons (Fsp3) is 0.789. The van der Waals surface area contributed by atoms with Gasteiger partial charge in [0, 0.05) is 37.6 Å².